The lowest BCUT2D eigenvalue weighted by molar-refractivity contribution is 0.0659. The zero-order chi connectivity index (χ0) is 16.1. The monoisotopic (exact) mass is 307 g/mol. The summed E-state index contributed by atoms with van der Waals surface area (Å²) >= 11 is 0. The third kappa shape index (κ3) is 3.76. The number of methoxy groups -OCH3 is 1. The van der Waals surface area contributed by atoms with Gasteiger partial charge in [0.15, 0.2) is 5.76 Å². The van der Waals surface area contributed by atoms with Crippen molar-refractivity contribution in [2.45, 2.75) is 19.4 Å². The Morgan fingerprint density at radius 1 is 1.23 bits per heavy atom. The summed E-state index contributed by atoms with van der Waals surface area (Å²) in [4.78, 5) is 22.9. The first-order valence-electron chi connectivity index (χ1n) is 6.70. The third-order valence-corrected chi connectivity index (χ3v) is 3.06. The van der Waals surface area contributed by atoms with Crippen molar-refractivity contribution in [1.29, 1.82) is 0 Å². The molecule has 0 radical (unpaired) electrons. The standard InChI is InChI=1S/C15H17NO6/c1-9-3-4-11(21-9)10(7-8-20-2)16-14(17)12-5-6-13(22-12)15(18)19/h3-6,10H,7-8H2,1-2H3,(H,16,17)(H,18,19). The Hall–Kier alpha value is -2.54. The first-order chi connectivity index (χ1) is 10.5. The van der Waals surface area contributed by atoms with Crippen molar-refractivity contribution >= 4 is 11.9 Å². The summed E-state index contributed by atoms with van der Waals surface area (Å²) < 4.78 is 15.5. The Balaban J connectivity index is 2.11. The zero-order valence-electron chi connectivity index (χ0n) is 12.3. The molecule has 2 N–H and O–H groups in total. The van der Waals surface area contributed by atoms with E-state index < -0.39 is 11.9 Å². The number of rotatable bonds is 7. The fourth-order valence-corrected chi connectivity index (χ4v) is 1.97. The van der Waals surface area contributed by atoms with E-state index in [1.165, 1.54) is 12.1 Å². The van der Waals surface area contributed by atoms with Crippen LogP contribution in [0.5, 0.6) is 0 Å². The Kier molecular flexibility index (Phi) is 5.00. The highest BCUT2D eigenvalue weighted by Crippen LogP contribution is 2.20. The van der Waals surface area contributed by atoms with E-state index in [0.717, 1.165) is 5.76 Å². The molecule has 2 aromatic heterocycles. The molecule has 0 fully saturated rings. The quantitative estimate of drug-likeness (QED) is 0.814. The van der Waals surface area contributed by atoms with Gasteiger partial charge in [0, 0.05) is 13.7 Å². The number of carbonyl (C=O) groups is 2. The number of furan rings is 2. The fourth-order valence-electron chi connectivity index (χ4n) is 1.97. The molecule has 0 aliphatic rings. The first-order valence-corrected chi connectivity index (χ1v) is 6.70. The fraction of sp³-hybridized carbons (Fsp3) is 0.333. The zero-order valence-corrected chi connectivity index (χ0v) is 12.3. The van der Waals surface area contributed by atoms with Crippen LogP contribution in [0, 0.1) is 6.92 Å². The first kappa shape index (κ1) is 15.8. The number of aryl methyl sites for hydroxylation is 1. The number of carbonyl (C=O) groups excluding carboxylic acids is 1. The maximum absolute atomic E-state index is 12.2. The van der Waals surface area contributed by atoms with Crippen LogP contribution in [-0.4, -0.2) is 30.7 Å². The van der Waals surface area contributed by atoms with Gasteiger partial charge in [0.2, 0.25) is 5.76 Å². The molecule has 2 rings (SSSR count). The van der Waals surface area contributed by atoms with E-state index in [0.29, 0.717) is 18.8 Å². The maximum atomic E-state index is 12.2. The molecule has 0 spiro atoms. The molecule has 1 atom stereocenters. The maximum Gasteiger partial charge on any atom is 0.371 e. The van der Waals surface area contributed by atoms with Crippen molar-refractivity contribution in [1.82, 2.24) is 5.32 Å². The number of hydrogen-bond donors (Lipinski definition) is 2. The van der Waals surface area contributed by atoms with E-state index in [9.17, 15) is 9.59 Å². The van der Waals surface area contributed by atoms with Crippen molar-refractivity contribution in [3.8, 4) is 0 Å². The van der Waals surface area contributed by atoms with E-state index >= 15 is 0 Å². The molecule has 0 aliphatic heterocycles. The van der Waals surface area contributed by atoms with E-state index in [1.807, 2.05) is 6.92 Å². The van der Waals surface area contributed by atoms with Gasteiger partial charge >= 0.3 is 5.97 Å². The van der Waals surface area contributed by atoms with Crippen molar-refractivity contribution in [3.63, 3.8) is 0 Å². The molecule has 7 heteroatoms. The van der Waals surface area contributed by atoms with E-state index in [-0.39, 0.29) is 17.6 Å². The van der Waals surface area contributed by atoms with Gasteiger partial charge in [0.25, 0.3) is 5.91 Å². The molecular formula is C15H17NO6. The second kappa shape index (κ2) is 6.95. The summed E-state index contributed by atoms with van der Waals surface area (Å²) in [6, 6.07) is 5.75. The minimum absolute atomic E-state index is 0.0666. The molecule has 2 heterocycles. The van der Waals surface area contributed by atoms with Gasteiger partial charge in [-0.3, -0.25) is 4.79 Å². The van der Waals surface area contributed by atoms with Crippen LogP contribution in [0.1, 0.15) is 45.1 Å². The van der Waals surface area contributed by atoms with E-state index in [4.69, 9.17) is 18.7 Å². The Morgan fingerprint density at radius 2 is 1.95 bits per heavy atom. The summed E-state index contributed by atoms with van der Waals surface area (Å²) in [5.74, 6) is -0.749. The van der Waals surface area contributed by atoms with Crippen LogP contribution in [0.25, 0.3) is 0 Å². The van der Waals surface area contributed by atoms with Crippen LogP contribution in [0.3, 0.4) is 0 Å². The van der Waals surface area contributed by atoms with Crippen LogP contribution in [-0.2, 0) is 4.74 Å². The molecule has 1 unspecified atom stereocenters. The number of ether oxygens (including phenoxy) is 1. The van der Waals surface area contributed by atoms with Gasteiger partial charge < -0.3 is 24.0 Å². The van der Waals surface area contributed by atoms with Crippen molar-refractivity contribution in [3.05, 3.63) is 47.3 Å². The molecule has 1 amide bonds. The SMILES string of the molecule is COCCC(NC(=O)c1ccc(C(=O)O)o1)c1ccc(C)o1. The minimum Gasteiger partial charge on any atom is -0.475 e. The van der Waals surface area contributed by atoms with Crippen molar-refractivity contribution < 1.29 is 28.3 Å². The van der Waals surface area contributed by atoms with Gasteiger partial charge in [-0.15, -0.1) is 0 Å². The largest absolute Gasteiger partial charge is 0.475 e. The average Bonchev–Trinajstić information content (AvgIpc) is 3.12. The molecule has 0 saturated carbocycles. The smallest absolute Gasteiger partial charge is 0.371 e. The normalized spacial score (nSPS) is 12.1. The Labute approximate surface area is 126 Å². The van der Waals surface area contributed by atoms with E-state index in [2.05, 4.69) is 5.32 Å². The van der Waals surface area contributed by atoms with Gasteiger partial charge in [-0.2, -0.15) is 0 Å². The number of nitrogens with one attached hydrogen (secondary N) is 1. The highest BCUT2D eigenvalue weighted by molar-refractivity contribution is 5.93. The lowest BCUT2D eigenvalue weighted by atomic mass is 10.1. The van der Waals surface area contributed by atoms with Crippen LogP contribution < -0.4 is 5.32 Å². The van der Waals surface area contributed by atoms with Gasteiger partial charge in [0.1, 0.15) is 11.5 Å². The molecule has 0 aromatic carbocycles. The molecule has 0 saturated heterocycles. The molecule has 2 aromatic rings. The molecular weight excluding hydrogens is 290 g/mol. The van der Waals surface area contributed by atoms with E-state index in [1.54, 1.807) is 19.2 Å². The molecule has 22 heavy (non-hydrogen) atoms. The second-order valence-corrected chi connectivity index (χ2v) is 4.72. The second-order valence-electron chi connectivity index (χ2n) is 4.72. The number of carboxylic acid groups (broad SMARTS) is 1. The van der Waals surface area contributed by atoms with Crippen LogP contribution in [0.15, 0.2) is 33.1 Å². The molecule has 118 valence electrons. The van der Waals surface area contributed by atoms with Gasteiger partial charge in [-0.1, -0.05) is 0 Å². The van der Waals surface area contributed by atoms with Crippen LogP contribution in [0.4, 0.5) is 0 Å². The predicted molar refractivity (Wildman–Crippen MR) is 75.8 cm³/mol. The number of carboxylic acids is 1. The minimum atomic E-state index is -1.23. The number of amides is 1. The highest BCUT2D eigenvalue weighted by atomic mass is 16.5. The summed E-state index contributed by atoms with van der Waals surface area (Å²) in [6.07, 6.45) is 0.516. The Morgan fingerprint density at radius 3 is 2.50 bits per heavy atom. The van der Waals surface area contributed by atoms with Gasteiger partial charge in [-0.05, 0) is 37.6 Å². The number of hydrogen-bond acceptors (Lipinski definition) is 5. The molecule has 0 aliphatic carbocycles. The summed E-state index contributed by atoms with van der Waals surface area (Å²) in [5.41, 5.74) is 0. The van der Waals surface area contributed by atoms with Crippen molar-refractivity contribution in [2.24, 2.45) is 0 Å². The highest BCUT2D eigenvalue weighted by Gasteiger charge is 2.21. The predicted octanol–water partition coefficient (Wildman–Crippen LogP) is 2.39. The number of aromatic carboxylic acids is 1. The average molecular weight is 307 g/mol. The van der Waals surface area contributed by atoms with Crippen LogP contribution >= 0.6 is 0 Å². The summed E-state index contributed by atoms with van der Waals surface area (Å²) in [7, 11) is 1.57. The third-order valence-electron chi connectivity index (χ3n) is 3.06. The topological polar surface area (TPSA) is 102 Å². The van der Waals surface area contributed by atoms with Crippen LogP contribution in [0.2, 0.25) is 0 Å². The summed E-state index contributed by atoms with van der Waals surface area (Å²) in [6.45, 7) is 2.24. The Bertz CT molecular complexity index is 657. The van der Waals surface area contributed by atoms with Gasteiger partial charge in [-0.25, -0.2) is 4.79 Å². The van der Waals surface area contributed by atoms with Crippen molar-refractivity contribution in [2.75, 3.05) is 13.7 Å². The summed E-state index contributed by atoms with van der Waals surface area (Å²) in [5, 5.41) is 11.6. The molecule has 7 nitrogen and oxygen atoms in total. The lowest BCUT2D eigenvalue weighted by Gasteiger charge is -2.15. The van der Waals surface area contributed by atoms with Gasteiger partial charge in [0.05, 0.1) is 6.04 Å². The molecule has 0 bridgehead atoms. The lowest BCUT2D eigenvalue weighted by Crippen LogP contribution is -2.28.